The van der Waals surface area contributed by atoms with Crippen molar-refractivity contribution in [2.24, 2.45) is 16.0 Å². The molecule has 0 aliphatic carbocycles. The zero-order chi connectivity index (χ0) is 26.5. The molecule has 2 aliphatic heterocycles. The number of aromatic nitrogens is 2. The van der Waals surface area contributed by atoms with E-state index >= 15 is 0 Å². The lowest BCUT2D eigenvalue weighted by molar-refractivity contribution is -0.168. The molecule has 2 N–H and O–H groups in total. The largest absolute Gasteiger partial charge is 0.419 e. The lowest BCUT2D eigenvalue weighted by Gasteiger charge is -2.32. The molecule has 0 spiro atoms. The number of nitrogens with one attached hydrogen (secondary N) is 2. The van der Waals surface area contributed by atoms with Gasteiger partial charge in [-0.25, -0.2) is 15.4 Å². The maximum atomic E-state index is 13.1. The molecule has 1 aromatic heterocycles. The Kier molecular flexibility index (Phi) is 8.47. The van der Waals surface area contributed by atoms with Crippen molar-refractivity contribution in [1.29, 1.82) is 0 Å². The molecule has 16 heteroatoms. The zero-order valence-corrected chi connectivity index (χ0v) is 18.9. The van der Waals surface area contributed by atoms with E-state index in [1.165, 1.54) is 6.92 Å². The molecule has 0 radical (unpaired) electrons. The van der Waals surface area contributed by atoms with Crippen LogP contribution in [-0.4, -0.2) is 78.3 Å². The SMILES string of the molecule is C[C@@H](COCC(=O)NC1CCN(c2ncc(C(F)(F)F)cn2)CC1)N=C1C=NNC(=O)C1C(F)(F)F. The van der Waals surface area contributed by atoms with Gasteiger partial charge in [-0.15, -0.1) is 0 Å². The van der Waals surface area contributed by atoms with Gasteiger partial charge in [0.25, 0.3) is 5.91 Å². The smallest absolute Gasteiger partial charge is 0.369 e. The number of carbonyl (C=O) groups is 2. The highest BCUT2D eigenvalue weighted by Gasteiger charge is 2.49. The molecule has 198 valence electrons. The first-order valence-corrected chi connectivity index (χ1v) is 10.8. The van der Waals surface area contributed by atoms with E-state index in [1.54, 1.807) is 10.3 Å². The Morgan fingerprint density at radius 2 is 1.86 bits per heavy atom. The van der Waals surface area contributed by atoms with Gasteiger partial charge in [0, 0.05) is 31.5 Å². The van der Waals surface area contributed by atoms with E-state index in [1.807, 2.05) is 0 Å². The van der Waals surface area contributed by atoms with E-state index in [2.05, 4.69) is 25.4 Å². The summed E-state index contributed by atoms with van der Waals surface area (Å²) in [5.41, 5.74) is 0.269. The molecule has 3 heterocycles. The number of ether oxygens (including phenoxy) is 1. The highest BCUT2D eigenvalue weighted by Crippen LogP contribution is 2.29. The molecule has 1 unspecified atom stereocenters. The minimum Gasteiger partial charge on any atom is -0.369 e. The number of alkyl halides is 6. The number of hydrogen-bond donors (Lipinski definition) is 2. The molecule has 2 atom stereocenters. The van der Waals surface area contributed by atoms with Gasteiger partial charge in [0.05, 0.1) is 30.1 Å². The summed E-state index contributed by atoms with van der Waals surface area (Å²) >= 11 is 0. The predicted molar refractivity (Wildman–Crippen MR) is 114 cm³/mol. The molecule has 10 nitrogen and oxygen atoms in total. The fourth-order valence-electron chi connectivity index (χ4n) is 3.60. The second kappa shape index (κ2) is 11.2. The first-order chi connectivity index (χ1) is 16.8. The van der Waals surface area contributed by atoms with E-state index in [0.29, 0.717) is 25.9 Å². The van der Waals surface area contributed by atoms with Crippen molar-refractivity contribution >= 4 is 29.7 Å². The van der Waals surface area contributed by atoms with E-state index < -0.39 is 47.4 Å². The molecular formula is C20H23F6N7O3. The van der Waals surface area contributed by atoms with E-state index in [9.17, 15) is 35.9 Å². The fourth-order valence-corrected chi connectivity index (χ4v) is 3.60. The van der Waals surface area contributed by atoms with Gasteiger partial charge in [0.2, 0.25) is 11.9 Å². The van der Waals surface area contributed by atoms with E-state index in [4.69, 9.17) is 4.74 Å². The zero-order valence-electron chi connectivity index (χ0n) is 18.9. The number of anilines is 1. The number of carbonyl (C=O) groups excluding carboxylic acids is 2. The highest BCUT2D eigenvalue weighted by molar-refractivity contribution is 6.37. The molecule has 1 fully saturated rings. The quantitative estimate of drug-likeness (QED) is 0.525. The van der Waals surface area contributed by atoms with Crippen LogP contribution in [-0.2, 0) is 20.5 Å². The van der Waals surface area contributed by atoms with Gasteiger partial charge < -0.3 is 15.0 Å². The third-order valence-corrected chi connectivity index (χ3v) is 5.33. The van der Waals surface area contributed by atoms with Gasteiger partial charge in [0.15, 0.2) is 5.92 Å². The maximum Gasteiger partial charge on any atom is 0.419 e. The Bertz CT molecular complexity index is 989. The van der Waals surface area contributed by atoms with Crippen LogP contribution >= 0.6 is 0 Å². The van der Waals surface area contributed by atoms with Crippen LogP contribution in [0.15, 0.2) is 22.5 Å². The monoisotopic (exact) mass is 523 g/mol. The summed E-state index contributed by atoms with van der Waals surface area (Å²) < 4.78 is 82.5. The van der Waals surface area contributed by atoms with Gasteiger partial charge in [-0.3, -0.25) is 14.6 Å². The first kappa shape index (κ1) is 27.3. The lowest BCUT2D eigenvalue weighted by atomic mass is 10.0. The number of halogens is 6. The summed E-state index contributed by atoms with van der Waals surface area (Å²) in [5, 5.41) is 6.12. The van der Waals surface area contributed by atoms with Crippen molar-refractivity contribution in [1.82, 2.24) is 20.7 Å². The Morgan fingerprint density at radius 1 is 1.22 bits per heavy atom. The second-order valence-corrected chi connectivity index (χ2v) is 8.23. The van der Waals surface area contributed by atoms with Crippen molar-refractivity contribution in [2.45, 2.75) is 44.2 Å². The molecule has 36 heavy (non-hydrogen) atoms. The van der Waals surface area contributed by atoms with Gasteiger partial charge >= 0.3 is 12.4 Å². The maximum absolute atomic E-state index is 13.1. The summed E-state index contributed by atoms with van der Waals surface area (Å²) in [4.78, 5) is 36.8. The number of rotatable bonds is 7. The molecule has 2 amide bonds. The molecule has 1 saturated heterocycles. The van der Waals surface area contributed by atoms with E-state index in [0.717, 1.165) is 18.6 Å². The highest BCUT2D eigenvalue weighted by atomic mass is 19.4. The number of nitrogens with zero attached hydrogens (tertiary/aromatic N) is 5. The van der Waals surface area contributed by atoms with Crippen molar-refractivity contribution in [3.05, 3.63) is 18.0 Å². The van der Waals surface area contributed by atoms with Crippen LogP contribution in [0.5, 0.6) is 0 Å². The summed E-state index contributed by atoms with van der Waals surface area (Å²) in [6, 6.07) is -0.976. The minimum absolute atomic E-state index is 0.166. The topological polar surface area (TPSA) is 121 Å². The summed E-state index contributed by atoms with van der Waals surface area (Å²) in [7, 11) is 0. The lowest BCUT2D eigenvalue weighted by Crippen LogP contribution is -2.47. The van der Waals surface area contributed by atoms with Crippen molar-refractivity contribution < 1.29 is 40.7 Å². The van der Waals surface area contributed by atoms with Crippen LogP contribution in [0.25, 0.3) is 0 Å². The Morgan fingerprint density at radius 3 is 2.44 bits per heavy atom. The van der Waals surface area contributed by atoms with Gasteiger partial charge in [-0.1, -0.05) is 0 Å². The third kappa shape index (κ3) is 7.35. The number of hydrogen-bond acceptors (Lipinski definition) is 8. The summed E-state index contributed by atoms with van der Waals surface area (Å²) in [5.74, 6) is -4.03. The first-order valence-electron chi connectivity index (χ1n) is 10.8. The van der Waals surface area contributed by atoms with Crippen LogP contribution < -0.4 is 15.6 Å². The second-order valence-electron chi connectivity index (χ2n) is 8.23. The minimum atomic E-state index is -4.83. The molecule has 1 aromatic rings. The van der Waals surface area contributed by atoms with Gasteiger partial charge in [-0.2, -0.15) is 31.4 Å². The Labute approximate surface area is 201 Å². The Balaban J connectivity index is 1.40. The van der Waals surface area contributed by atoms with Crippen LogP contribution in [0.2, 0.25) is 0 Å². The van der Waals surface area contributed by atoms with Crippen LogP contribution in [0, 0.1) is 5.92 Å². The fraction of sp³-hybridized carbons (Fsp3) is 0.600. The average molecular weight is 523 g/mol. The molecule has 2 aliphatic rings. The third-order valence-electron chi connectivity index (χ3n) is 5.33. The molecule has 0 saturated carbocycles. The van der Waals surface area contributed by atoms with Crippen molar-refractivity contribution in [2.75, 3.05) is 31.2 Å². The van der Waals surface area contributed by atoms with Gasteiger partial charge in [0.1, 0.15) is 6.61 Å². The number of piperidine rings is 1. The van der Waals surface area contributed by atoms with Crippen molar-refractivity contribution in [3.63, 3.8) is 0 Å². The molecule has 0 bridgehead atoms. The van der Waals surface area contributed by atoms with Crippen LogP contribution in [0.3, 0.4) is 0 Å². The molecule has 3 rings (SSSR count). The average Bonchev–Trinajstić information content (AvgIpc) is 2.78. The summed E-state index contributed by atoms with van der Waals surface area (Å²) in [6.45, 7) is 1.79. The number of hydrazone groups is 1. The Hall–Kier alpha value is -3.30. The predicted octanol–water partition coefficient (Wildman–Crippen LogP) is 1.72. The van der Waals surface area contributed by atoms with Crippen LogP contribution in [0.1, 0.15) is 25.3 Å². The summed E-state index contributed by atoms with van der Waals surface area (Å²) in [6.07, 6.45) is -6.08. The number of amides is 2. The molecular weight excluding hydrogens is 500 g/mol. The standard InChI is InChI=1S/C20H23F6N7O3/c1-11(30-14-8-29-32-17(35)16(14)20(24,25)26)9-36-10-15(34)31-13-2-4-33(5-3-13)18-27-6-12(7-28-18)19(21,22)23/h6-8,11,13,16H,2-5,9-10H2,1H3,(H,31,34)(H,32,35)/t11-,16?/m0/s1. The molecule has 0 aromatic carbocycles. The normalized spacial score (nSPS) is 21.4. The van der Waals surface area contributed by atoms with Crippen molar-refractivity contribution in [3.8, 4) is 0 Å². The van der Waals surface area contributed by atoms with Crippen LogP contribution in [0.4, 0.5) is 32.3 Å². The van der Waals surface area contributed by atoms with E-state index in [-0.39, 0.29) is 25.2 Å². The van der Waals surface area contributed by atoms with Gasteiger partial charge in [-0.05, 0) is 19.8 Å². The number of aliphatic imine (C=N–C) groups is 1.